The number of fused-ring (bicyclic) bond motifs is 2. The van der Waals surface area contributed by atoms with Gasteiger partial charge in [-0.15, -0.1) is 16.4 Å². The lowest BCUT2D eigenvalue weighted by Gasteiger charge is -2.09. The van der Waals surface area contributed by atoms with Crippen molar-refractivity contribution in [1.29, 1.82) is 0 Å². The molecule has 8 nitrogen and oxygen atoms in total. The molecule has 0 aliphatic heterocycles. The molecule has 1 N–H and O–H groups in total. The Morgan fingerprint density at radius 2 is 1.90 bits per heavy atom. The van der Waals surface area contributed by atoms with Gasteiger partial charge in [0.2, 0.25) is 0 Å². The largest absolute Gasteiger partial charge is 0.486 e. The van der Waals surface area contributed by atoms with Crippen LogP contribution in [0.3, 0.4) is 0 Å². The van der Waals surface area contributed by atoms with Crippen molar-refractivity contribution in [3.63, 3.8) is 0 Å². The zero-order chi connectivity index (χ0) is 21.2. The monoisotopic (exact) mass is 430 g/mol. The molecule has 0 bridgehead atoms. The molecule has 2 aromatic carbocycles. The number of thiazole rings is 1. The maximum Gasteiger partial charge on any atom is 0.344 e. The van der Waals surface area contributed by atoms with Crippen molar-refractivity contribution in [3.05, 3.63) is 76.4 Å². The number of pyridine rings is 1. The van der Waals surface area contributed by atoms with Crippen LogP contribution in [0, 0.1) is 6.92 Å². The van der Waals surface area contributed by atoms with Crippen LogP contribution in [0.25, 0.3) is 21.9 Å². The van der Waals surface area contributed by atoms with Gasteiger partial charge in [-0.3, -0.25) is 4.98 Å². The molecule has 1 amide bonds. The molecule has 154 valence electrons. The zero-order valence-electron chi connectivity index (χ0n) is 16.6. The molecule has 5 rings (SSSR count). The van der Waals surface area contributed by atoms with Gasteiger partial charge in [0.1, 0.15) is 22.9 Å². The lowest BCUT2D eigenvalue weighted by atomic mass is 10.2. The first-order valence-electron chi connectivity index (χ1n) is 9.68. The minimum atomic E-state index is -0.347. The molecule has 3 aromatic heterocycles. The minimum absolute atomic E-state index is 0.301. The summed E-state index contributed by atoms with van der Waals surface area (Å²) in [5.74, 6) is 0.781. The van der Waals surface area contributed by atoms with Gasteiger partial charge in [-0.05, 0) is 31.2 Å². The molecular weight excluding hydrogens is 412 g/mol. The molecule has 0 saturated carbocycles. The van der Waals surface area contributed by atoms with Gasteiger partial charge in [-0.2, -0.15) is 4.68 Å². The van der Waals surface area contributed by atoms with E-state index in [0.29, 0.717) is 24.2 Å². The Morgan fingerprint density at radius 1 is 1.10 bits per heavy atom. The van der Waals surface area contributed by atoms with E-state index in [0.717, 1.165) is 33.0 Å². The predicted octanol–water partition coefficient (Wildman–Crippen LogP) is 4.08. The summed E-state index contributed by atoms with van der Waals surface area (Å²) in [5, 5.41) is 14.4. The maximum atomic E-state index is 12.5. The second-order valence-electron chi connectivity index (χ2n) is 6.95. The normalized spacial score (nSPS) is 11.1. The number of para-hydroxylation sites is 2. The van der Waals surface area contributed by atoms with E-state index >= 15 is 0 Å². The highest BCUT2D eigenvalue weighted by atomic mass is 32.1. The molecule has 3 heterocycles. The quantitative estimate of drug-likeness (QED) is 0.451. The summed E-state index contributed by atoms with van der Waals surface area (Å²) >= 11 is 1.47. The van der Waals surface area contributed by atoms with Crippen LogP contribution in [-0.2, 0) is 13.2 Å². The van der Waals surface area contributed by atoms with Gasteiger partial charge in [0, 0.05) is 22.5 Å². The van der Waals surface area contributed by atoms with Gasteiger partial charge in [-0.25, -0.2) is 9.78 Å². The van der Waals surface area contributed by atoms with Gasteiger partial charge in [0.15, 0.2) is 0 Å². The van der Waals surface area contributed by atoms with E-state index in [4.69, 9.17) is 4.74 Å². The molecule has 0 aliphatic carbocycles. The number of hydrogen-bond acceptors (Lipinski definition) is 7. The van der Waals surface area contributed by atoms with Gasteiger partial charge in [-0.1, -0.05) is 29.5 Å². The van der Waals surface area contributed by atoms with Crippen molar-refractivity contribution in [1.82, 2.24) is 30.3 Å². The standard InChI is InChI=1S/C22H18N6O2S/c1-14-10-20(16-6-2-3-7-17(16)24-14)30-12-15-13-31-21(25-15)11-23-22(29)28-19-9-5-4-8-18(19)26-27-28/h2-10,13H,11-12H2,1H3,(H,23,29). The highest BCUT2D eigenvalue weighted by molar-refractivity contribution is 7.09. The van der Waals surface area contributed by atoms with Crippen LogP contribution in [0.4, 0.5) is 4.79 Å². The Hall–Kier alpha value is -3.85. The van der Waals surface area contributed by atoms with E-state index in [2.05, 4.69) is 25.6 Å². The van der Waals surface area contributed by atoms with Crippen LogP contribution in [0.1, 0.15) is 16.4 Å². The van der Waals surface area contributed by atoms with E-state index in [-0.39, 0.29) is 6.03 Å². The second-order valence-corrected chi connectivity index (χ2v) is 7.89. The number of rotatable bonds is 5. The molecule has 0 atom stereocenters. The fourth-order valence-corrected chi connectivity index (χ4v) is 4.00. The number of nitrogens with one attached hydrogen (secondary N) is 1. The van der Waals surface area contributed by atoms with E-state index in [9.17, 15) is 4.79 Å². The number of aromatic nitrogens is 5. The molecule has 0 radical (unpaired) electrons. The molecule has 0 saturated heterocycles. The van der Waals surface area contributed by atoms with Gasteiger partial charge >= 0.3 is 6.03 Å². The Balaban J connectivity index is 1.23. The summed E-state index contributed by atoms with van der Waals surface area (Å²) in [6.07, 6.45) is 0. The van der Waals surface area contributed by atoms with Crippen LogP contribution in [0.5, 0.6) is 5.75 Å². The third kappa shape index (κ3) is 3.95. The number of hydrogen-bond donors (Lipinski definition) is 1. The van der Waals surface area contributed by atoms with Crippen LogP contribution in [-0.4, -0.2) is 31.0 Å². The molecule has 0 unspecified atom stereocenters. The topological polar surface area (TPSA) is 94.8 Å². The highest BCUT2D eigenvalue weighted by Crippen LogP contribution is 2.26. The van der Waals surface area contributed by atoms with Crippen molar-refractivity contribution >= 4 is 39.3 Å². The number of carbonyl (C=O) groups excluding carboxylic acids is 1. The Morgan fingerprint density at radius 3 is 2.81 bits per heavy atom. The SMILES string of the molecule is Cc1cc(OCc2csc(CNC(=O)n3nnc4ccccc43)n2)c2ccccc2n1. The Labute approximate surface area is 181 Å². The number of amides is 1. The minimum Gasteiger partial charge on any atom is -0.486 e. The van der Waals surface area contributed by atoms with Crippen molar-refractivity contribution in [3.8, 4) is 5.75 Å². The molecule has 0 aliphatic rings. The van der Waals surface area contributed by atoms with Crippen LogP contribution >= 0.6 is 11.3 Å². The van der Waals surface area contributed by atoms with Gasteiger partial charge < -0.3 is 10.1 Å². The molecule has 31 heavy (non-hydrogen) atoms. The summed E-state index contributed by atoms with van der Waals surface area (Å²) in [6.45, 7) is 2.59. The Bertz CT molecular complexity index is 1390. The lowest BCUT2D eigenvalue weighted by molar-refractivity contribution is 0.239. The molecular formula is C22H18N6O2S. The summed E-state index contributed by atoms with van der Waals surface area (Å²) in [5.41, 5.74) is 3.94. The summed E-state index contributed by atoms with van der Waals surface area (Å²) in [6, 6.07) is 16.8. The first-order chi connectivity index (χ1) is 15.2. The maximum absolute atomic E-state index is 12.5. The summed E-state index contributed by atoms with van der Waals surface area (Å²) in [7, 11) is 0. The zero-order valence-corrected chi connectivity index (χ0v) is 17.5. The van der Waals surface area contributed by atoms with Crippen molar-refractivity contribution in [2.45, 2.75) is 20.1 Å². The number of nitrogens with zero attached hydrogens (tertiary/aromatic N) is 5. The first-order valence-corrected chi connectivity index (χ1v) is 10.6. The second kappa shape index (κ2) is 8.11. The lowest BCUT2D eigenvalue weighted by Crippen LogP contribution is -2.28. The smallest absolute Gasteiger partial charge is 0.344 e. The number of aryl methyl sites for hydroxylation is 1. The fraction of sp³-hybridized carbons (Fsp3) is 0.136. The number of benzene rings is 2. The third-order valence-corrected chi connectivity index (χ3v) is 5.61. The van der Waals surface area contributed by atoms with E-state index < -0.39 is 0 Å². The van der Waals surface area contributed by atoms with E-state index in [1.165, 1.54) is 16.0 Å². The average molecular weight is 430 g/mol. The third-order valence-electron chi connectivity index (χ3n) is 4.72. The molecule has 0 spiro atoms. The van der Waals surface area contributed by atoms with Crippen molar-refractivity contribution < 1.29 is 9.53 Å². The number of carbonyl (C=O) groups is 1. The summed E-state index contributed by atoms with van der Waals surface area (Å²) in [4.78, 5) is 21.6. The molecule has 9 heteroatoms. The van der Waals surface area contributed by atoms with Gasteiger partial charge in [0.25, 0.3) is 0 Å². The highest BCUT2D eigenvalue weighted by Gasteiger charge is 2.12. The predicted molar refractivity (Wildman–Crippen MR) is 118 cm³/mol. The van der Waals surface area contributed by atoms with Crippen molar-refractivity contribution in [2.24, 2.45) is 0 Å². The average Bonchev–Trinajstić information content (AvgIpc) is 3.42. The van der Waals surface area contributed by atoms with E-state index in [1.807, 2.05) is 60.8 Å². The Kier molecular flexibility index (Phi) is 5.01. The number of ether oxygens (including phenoxy) is 1. The van der Waals surface area contributed by atoms with Crippen LogP contribution in [0.15, 0.2) is 60.0 Å². The van der Waals surface area contributed by atoms with Crippen LogP contribution in [0.2, 0.25) is 0 Å². The molecule has 5 aromatic rings. The first kappa shape index (κ1) is 19.1. The van der Waals surface area contributed by atoms with Crippen LogP contribution < -0.4 is 10.1 Å². The van der Waals surface area contributed by atoms with Crippen molar-refractivity contribution in [2.75, 3.05) is 0 Å². The summed E-state index contributed by atoms with van der Waals surface area (Å²) < 4.78 is 7.28. The van der Waals surface area contributed by atoms with E-state index in [1.54, 1.807) is 6.07 Å². The molecule has 0 fully saturated rings. The van der Waals surface area contributed by atoms with Gasteiger partial charge in [0.05, 0.1) is 23.3 Å². The fourth-order valence-electron chi connectivity index (χ4n) is 3.28.